The van der Waals surface area contributed by atoms with Crippen molar-refractivity contribution in [1.82, 2.24) is 5.32 Å². The summed E-state index contributed by atoms with van der Waals surface area (Å²) in [6.45, 7) is 0.649. The van der Waals surface area contributed by atoms with Gasteiger partial charge in [0.2, 0.25) is 0 Å². The molecule has 1 unspecified atom stereocenters. The van der Waals surface area contributed by atoms with Crippen LogP contribution in [-0.2, 0) is 9.53 Å². The molecule has 0 radical (unpaired) electrons. The van der Waals surface area contributed by atoms with Gasteiger partial charge in [0.1, 0.15) is 0 Å². The van der Waals surface area contributed by atoms with Gasteiger partial charge in [0, 0.05) is 17.6 Å². The smallest absolute Gasteiger partial charge is 0.306 e. The number of nitrogens with one attached hydrogen (secondary N) is 1. The standard InChI is InChI=1S/C14H18ClNO2/c1-18-13(17)8-9-16-14(10-2-3-10)11-4-6-12(15)7-5-11/h4-7,10,14,16H,2-3,8-9H2,1H3. The molecule has 1 atom stereocenters. The maximum atomic E-state index is 11.1. The van der Waals surface area contributed by atoms with Crippen molar-refractivity contribution in [2.45, 2.75) is 25.3 Å². The van der Waals surface area contributed by atoms with Gasteiger partial charge in [-0.1, -0.05) is 23.7 Å². The SMILES string of the molecule is COC(=O)CCNC(c1ccc(Cl)cc1)C1CC1. The molecule has 4 heteroatoms. The van der Waals surface area contributed by atoms with Crippen LogP contribution < -0.4 is 5.32 Å². The first kappa shape index (κ1) is 13.4. The number of benzene rings is 1. The molecule has 0 bridgehead atoms. The minimum atomic E-state index is -0.173. The third-order valence-electron chi connectivity index (χ3n) is 3.24. The average molecular weight is 268 g/mol. The molecule has 0 aliphatic heterocycles. The second-order valence-corrected chi connectivity index (χ2v) is 5.08. The van der Waals surface area contributed by atoms with Crippen LogP contribution in [0.3, 0.4) is 0 Å². The third kappa shape index (κ3) is 3.72. The number of methoxy groups -OCH3 is 1. The summed E-state index contributed by atoms with van der Waals surface area (Å²) >= 11 is 5.89. The van der Waals surface area contributed by atoms with Gasteiger partial charge in [-0.3, -0.25) is 4.79 Å². The van der Waals surface area contributed by atoms with E-state index in [9.17, 15) is 4.79 Å². The highest BCUT2D eigenvalue weighted by Gasteiger charge is 2.31. The molecular formula is C14H18ClNO2. The molecule has 3 nitrogen and oxygen atoms in total. The van der Waals surface area contributed by atoms with Crippen molar-refractivity contribution in [3.8, 4) is 0 Å². The number of rotatable bonds is 6. The molecule has 98 valence electrons. The van der Waals surface area contributed by atoms with Crippen LogP contribution in [0.25, 0.3) is 0 Å². The number of hydrogen-bond donors (Lipinski definition) is 1. The molecule has 2 rings (SSSR count). The summed E-state index contributed by atoms with van der Waals surface area (Å²) in [5.41, 5.74) is 1.24. The highest BCUT2D eigenvalue weighted by molar-refractivity contribution is 6.30. The van der Waals surface area contributed by atoms with Gasteiger partial charge in [-0.2, -0.15) is 0 Å². The van der Waals surface area contributed by atoms with Crippen LogP contribution in [0.2, 0.25) is 5.02 Å². The van der Waals surface area contributed by atoms with Gasteiger partial charge >= 0.3 is 5.97 Å². The molecule has 0 spiro atoms. The lowest BCUT2D eigenvalue weighted by Crippen LogP contribution is -2.26. The Morgan fingerprint density at radius 1 is 1.44 bits per heavy atom. The van der Waals surface area contributed by atoms with Crippen LogP contribution in [0, 0.1) is 5.92 Å². The molecule has 1 aromatic rings. The van der Waals surface area contributed by atoms with Gasteiger partial charge in [-0.25, -0.2) is 0 Å². The summed E-state index contributed by atoms with van der Waals surface area (Å²) in [5, 5.41) is 4.19. The van der Waals surface area contributed by atoms with E-state index in [4.69, 9.17) is 11.6 Å². The van der Waals surface area contributed by atoms with E-state index in [0.717, 1.165) is 5.02 Å². The van der Waals surface area contributed by atoms with Gasteiger partial charge in [-0.15, -0.1) is 0 Å². The minimum Gasteiger partial charge on any atom is -0.469 e. The summed E-state index contributed by atoms with van der Waals surface area (Å²) in [5.74, 6) is 0.511. The lowest BCUT2D eigenvalue weighted by molar-refractivity contribution is -0.140. The minimum absolute atomic E-state index is 0.173. The van der Waals surface area contributed by atoms with E-state index in [1.807, 2.05) is 12.1 Å². The zero-order valence-corrected chi connectivity index (χ0v) is 11.2. The molecule has 18 heavy (non-hydrogen) atoms. The summed E-state index contributed by atoms with van der Waals surface area (Å²) in [6.07, 6.45) is 2.91. The first-order chi connectivity index (χ1) is 8.70. The monoisotopic (exact) mass is 267 g/mol. The van der Waals surface area contributed by atoms with Crippen molar-refractivity contribution in [2.24, 2.45) is 5.92 Å². The average Bonchev–Trinajstić information content (AvgIpc) is 3.20. The number of halogens is 1. The number of carbonyl (C=O) groups is 1. The quantitative estimate of drug-likeness (QED) is 0.806. The maximum absolute atomic E-state index is 11.1. The fourth-order valence-corrected chi connectivity index (χ4v) is 2.21. The molecule has 1 saturated carbocycles. The van der Waals surface area contributed by atoms with Gasteiger partial charge in [0.25, 0.3) is 0 Å². The van der Waals surface area contributed by atoms with Crippen molar-refractivity contribution in [3.63, 3.8) is 0 Å². The largest absolute Gasteiger partial charge is 0.469 e. The normalized spacial score (nSPS) is 16.3. The number of carbonyl (C=O) groups excluding carboxylic acids is 1. The van der Waals surface area contributed by atoms with Crippen LogP contribution in [0.4, 0.5) is 0 Å². The van der Waals surface area contributed by atoms with Crippen LogP contribution in [0.15, 0.2) is 24.3 Å². The van der Waals surface area contributed by atoms with Crippen LogP contribution in [0.5, 0.6) is 0 Å². The Bertz CT molecular complexity index is 401. The summed E-state index contributed by atoms with van der Waals surface area (Å²) in [7, 11) is 1.42. The molecular weight excluding hydrogens is 250 g/mol. The van der Waals surface area contributed by atoms with Crippen LogP contribution in [-0.4, -0.2) is 19.6 Å². The van der Waals surface area contributed by atoms with E-state index in [-0.39, 0.29) is 5.97 Å². The molecule has 1 aliphatic carbocycles. The molecule has 0 aromatic heterocycles. The van der Waals surface area contributed by atoms with Crippen molar-refractivity contribution < 1.29 is 9.53 Å². The van der Waals surface area contributed by atoms with E-state index >= 15 is 0 Å². The fraction of sp³-hybridized carbons (Fsp3) is 0.500. The third-order valence-corrected chi connectivity index (χ3v) is 3.50. The molecule has 0 heterocycles. The summed E-state index contributed by atoms with van der Waals surface area (Å²) in [6, 6.07) is 8.25. The van der Waals surface area contributed by atoms with Gasteiger partial charge in [0.05, 0.1) is 13.5 Å². The van der Waals surface area contributed by atoms with Crippen molar-refractivity contribution >= 4 is 17.6 Å². The molecule has 0 saturated heterocycles. The predicted octanol–water partition coefficient (Wildman–Crippen LogP) is 2.94. The second-order valence-electron chi connectivity index (χ2n) is 4.65. The Morgan fingerprint density at radius 2 is 2.11 bits per heavy atom. The van der Waals surface area contributed by atoms with Gasteiger partial charge in [0.15, 0.2) is 0 Å². The zero-order chi connectivity index (χ0) is 13.0. The Kier molecular flexibility index (Phi) is 4.61. The van der Waals surface area contributed by atoms with Crippen LogP contribution in [0.1, 0.15) is 30.9 Å². The number of esters is 1. The van der Waals surface area contributed by atoms with Crippen molar-refractivity contribution in [1.29, 1.82) is 0 Å². The van der Waals surface area contributed by atoms with Crippen LogP contribution >= 0.6 is 11.6 Å². The second kappa shape index (κ2) is 6.21. The van der Waals surface area contributed by atoms with E-state index in [1.165, 1.54) is 25.5 Å². The maximum Gasteiger partial charge on any atom is 0.306 e. The number of ether oxygens (including phenoxy) is 1. The molecule has 0 amide bonds. The summed E-state index contributed by atoms with van der Waals surface area (Å²) < 4.78 is 4.63. The highest BCUT2D eigenvalue weighted by atomic mass is 35.5. The Labute approximate surface area is 112 Å². The highest BCUT2D eigenvalue weighted by Crippen LogP contribution is 2.41. The van der Waals surface area contributed by atoms with Gasteiger partial charge in [-0.05, 0) is 36.5 Å². The van der Waals surface area contributed by atoms with Gasteiger partial charge < -0.3 is 10.1 Å². The van der Waals surface area contributed by atoms with E-state index in [2.05, 4.69) is 22.2 Å². The topological polar surface area (TPSA) is 38.3 Å². The lowest BCUT2D eigenvalue weighted by Gasteiger charge is -2.18. The molecule has 1 aliphatic rings. The Balaban J connectivity index is 1.92. The summed E-state index contributed by atoms with van der Waals surface area (Å²) in [4.78, 5) is 11.1. The first-order valence-electron chi connectivity index (χ1n) is 6.26. The van der Waals surface area contributed by atoms with Crippen molar-refractivity contribution in [3.05, 3.63) is 34.9 Å². The molecule has 1 fully saturated rings. The Morgan fingerprint density at radius 3 is 2.67 bits per heavy atom. The lowest BCUT2D eigenvalue weighted by atomic mass is 10.0. The first-order valence-corrected chi connectivity index (χ1v) is 6.64. The predicted molar refractivity (Wildman–Crippen MR) is 71.6 cm³/mol. The van der Waals surface area contributed by atoms with E-state index in [0.29, 0.717) is 24.9 Å². The molecule has 1 aromatic carbocycles. The fourth-order valence-electron chi connectivity index (χ4n) is 2.09. The van der Waals surface area contributed by atoms with Crippen molar-refractivity contribution in [2.75, 3.05) is 13.7 Å². The Hall–Kier alpha value is -1.06. The number of hydrogen-bond acceptors (Lipinski definition) is 3. The van der Waals surface area contributed by atoms with E-state index < -0.39 is 0 Å². The van der Waals surface area contributed by atoms with E-state index in [1.54, 1.807) is 0 Å². The zero-order valence-electron chi connectivity index (χ0n) is 10.5. The molecule has 1 N–H and O–H groups in total.